The fraction of sp³-hybridized carbons (Fsp3) is 0.733. The number of rotatable bonds is 8. The van der Waals surface area contributed by atoms with Crippen LogP contribution in [-0.4, -0.2) is 19.8 Å². The molecule has 1 aromatic rings. The van der Waals surface area contributed by atoms with E-state index in [4.69, 9.17) is 9.15 Å². The Morgan fingerprint density at radius 1 is 1.11 bits per heavy atom. The van der Waals surface area contributed by atoms with Crippen LogP contribution in [0.2, 0.25) is 0 Å². The molecule has 0 amide bonds. The highest BCUT2D eigenvalue weighted by Crippen LogP contribution is 2.27. The predicted octanol–water partition coefficient (Wildman–Crippen LogP) is 3.67. The van der Waals surface area contributed by atoms with Gasteiger partial charge in [0.05, 0.1) is 12.6 Å². The van der Waals surface area contributed by atoms with Crippen LogP contribution in [0.5, 0.6) is 0 Å². The zero-order valence-corrected chi connectivity index (χ0v) is 12.4. The minimum atomic E-state index is 0.244. The zero-order chi connectivity index (χ0) is 13.5. The number of aryl methyl sites for hydroxylation is 2. The third kappa shape index (κ3) is 3.85. The van der Waals surface area contributed by atoms with Crippen molar-refractivity contribution in [2.75, 3.05) is 19.8 Å². The number of hydrogen-bond donors (Lipinski definition) is 1. The van der Waals surface area contributed by atoms with Crippen LogP contribution in [-0.2, 0) is 4.74 Å². The normalized spacial score (nSPS) is 12.9. The van der Waals surface area contributed by atoms with Crippen LogP contribution < -0.4 is 5.32 Å². The minimum Gasteiger partial charge on any atom is -0.466 e. The van der Waals surface area contributed by atoms with E-state index in [0.717, 1.165) is 37.5 Å². The molecule has 1 aromatic heterocycles. The summed E-state index contributed by atoms with van der Waals surface area (Å²) in [7, 11) is 0. The van der Waals surface area contributed by atoms with Crippen molar-refractivity contribution in [2.45, 2.75) is 53.5 Å². The molecule has 0 aliphatic heterocycles. The molecule has 0 aromatic carbocycles. The second kappa shape index (κ2) is 7.59. The summed E-state index contributed by atoms with van der Waals surface area (Å²) in [5, 5.41) is 3.55. The Labute approximate surface area is 111 Å². The first-order chi connectivity index (χ1) is 8.61. The number of nitrogens with one attached hydrogen (secondary N) is 1. The molecule has 0 radical (unpaired) electrons. The molecule has 1 atom stereocenters. The van der Waals surface area contributed by atoms with Crippen molar-refractivity contribution in [1.29, 1.82) is 0 Å². The summed E-state index contributed by atoms with van der Waals surface area (Å²) in [5.74, 6) is 2.03. The molecule has 3 nitrogen and oxygen atoms in total. The van der Waals surface area contributed by atoms with E-state index in [-0.39, 0.29) is 6.04 Å². The molecule has 1 heterocycles. The van der Waals surface area contributed by atoms with E-state index < -0.39 is 0 Å². The van der Waals surface area contributed by atoms with E-state index >= 15 is 0 Å². The van der Waals surface area contributed by atoms with Gasteiger partial charge >= 0.3 is 0 Å². The largest absolute Gasteiger partial charge is 0.466 e. The van der Waals surface area contributed by atoms with Crippen LogP contribution in [0.15, 0.2) is 4.42 Å². The summed E-state index contributed by atoms with van der Waals surface area (Å²) in [5.41, 5.74) is 2.53. The van der Waals surface area contributed by atoms with Crippen molar-refractivity contribution in [3.05, 3.63) is 22.6 Å². The Morgan fingerprint density at radius 3 is 2.33 bits per heavy atom. The van der Waals surface area contributed by atoms with Crippen molar-refractivity contribution in [1.82, 2.24) is 5.32 Å². The first kappa shape index (κ1) is 15.3. The second-order valence-corrected chi connectivity index (χ2v) is 4.83. The molecule has 3 heteroatoms. The maximum atomic E-state index is 5.72. The Morgan fingerprint density at radius 2 is 1.83 bits per heavy atom. The molecular formula is C15H27NO2. The van der Waals surface area contributed by atoms with Crippen LogP contribution in [0.1, 0.15) is 55.4 Å². The topological polar surface area (TPSA) is 34.4 Å². The van der Waals surface area contributed by atoms with E-state index in [0.29, 0.717) is 6.61 Å². The van der Waals surface area contributed by atoms with E-state index in [1.807, 2.05) is 13.8 Å². The lowest BCUT2D eigenvalue weighted by atomic mass is 10.0. The summed E-state index contributed by atoms with van der Waals surface area (Å²) in [6.07, 6.45) is 2.18. The summed E-state index contributed by atoms with van der Waals surface area (Å²) in [4.78, 5) is 0. The van der Waals surface area contributed by atoms with Gasteiger partial charge in [-0.05, 0) is 45.7 Å². The minimum absolute atomic E-state index is 0.244. The SMILES string of the molecule is CCCNC(COCCC)c1c(C)oc(C)c1C. The molecule has 1 unspecified atom stereocenters. The van der Waals surface area contributed by atoms with Gasteiger partial charge in [0.15, 0.2) is 0 Å². The number of hydrogen-bond acceptors (Lipinski definition) is 3. The van der Waals surface area contributed by atoms with Gasteiger partial charge in [-0.15, -0.1) is 0 Å². The third-order valence-electron chi connectivity index (χ3n) is 3.24. The van der Waals surface area contributed by atoms with Gasteiger partial charge < -0.3 is 14.5 Å². The predicted molar refractivity (Wildman–Crippen MR) is 75.1 cm³/mol. The van der Waals surface area contributed by atoms with Gasteiger partial charge in [-0.3, -0.25) is 0 Å². The molecule has 0 saturated heterocycles. The highest BCUT2D eigenvalue weighted by molar-refractivity contribution is 5.34. The molecule has 0 bridgehead atoms. The van der Waals surface area contributed by atoms with Crippen LogP contribution in [0.25, 0.3) is 0 Å². The van der Waals surface area contributed by atoms with E-state index in [1.54, 1.807) is 0 Å². The lowest BCUT2D eigenvalue weighted by Crippen LogP contribution is -2.27. The fourth-order valence-corrected chi connectivity index (χ4v) is 2.23. The Bertz CT molecular complexity index is 358. The molecule has 0 aliphatic carbocycles. The highest BCUT2D eigenvalue weighted by atomic mass is 16.5. The van der Waals surface area contributed by atoms with Crippen molar-refractivity contribution in [2.24, 2.45) is 0 Å². The maximum Gasteiger partial charge on any atom is 0.106 e. The monoisotopic (exact) mass is 253 g/mol. The molecular weight excluding hydrogens is 226 g/mol. The first-order valence-corrected chi connectivity index (χ1v) is 6.99. The Balaban J connectivity index is 2.79. The van der Waals surface area contributed by atoms with Gasteiger partial charge in [-0.2, -0.15) is 0 Å². The standard InChI is InChI=1S/C15H27NO2/c1-6-8-16-14(10-17-9-7-2)15-11(3)12(4)18-13(15)5/h14,16H,6-10H2,1-5H3. The van der Waals surface area contributed by atoms with Gasteiger partial charge in [0.1, 0.15) is 11.5 Å². The first-order valence-electron chi connectivity index (χ1n) is 6.99. The zero-order valence-electron chi connectivity index (χ0n) is 12.4. The number of ether oxygens (including phenoxy) is 1. The van der Waals surface area contributed by atoms with Gasteiger partial charge in [0, 0.05) is 12.2 Å². The van der Waals surface area contributed by atoms with Crippen molar-refractivity contribution >= 4 is 0 Å². The molecule has 0 aliphatic rings. The molecule has 18 heavy (non-hydrogen) atoms. The molecule has 0 fully saturated rings. The van der Waals surface area contributed by atoms with E-state index in [1.165, 1.54) is 11.1 Å². The van der Waals surface area contributed by atoms with Gasteiger partial charge in [0.25, 0.3) is 0 Å². The van der Waals surface area contributed by atoms with Crippen molar-refractivity contribution < 1.29 is 9.15 Å². The average molecular weight is 253 g/mol. The quantitative estimate of drug-likeness (QED) is 0.718. The molecule has 0 saturated carbocycles. The summed E-state index contributed by atoms with van der Waals surface area (Å²) < 4.78 is 11.4. The molecule has 1 rings (SSSR count). The molecule has 104 valence electrons. The van der Waals surface area contributed by atoms with Crippen molar-refractivity contribution in [3.63, 3.8) is 0 Å². The van der Waals surface area contributed by atoms with Crippen LogP contribution in [0.4, 0.5) is 0 Å². The van der Waals surface area contributed by atoms with Crippen LogP contribution in [0.3, 0.4) is 0 Å². The summed E-state index contributed by atoms with van der Waals surface area (Å²) in [6.45, 7) is 13.0. The van der Waals surface area contributed by atoms with Crippen molar-refractivity contribution in [3.8, 4) is 0 Å². The number of furan rings is 1. The van der Waals surface area contributed by atoms with E-state index in [9.17, 15) is 0 Å². The lowest BCUT2D eigenvalue weighted by molar-refractivity contribution is 0.111. The smallest absolute Gasteiger partial charge is 0.106 e. The van der Waals surface area contributed by atoms with Crippen LogP contribution in [0, 0.1) is 20.8 Å². The van der Waals surface area contributed by atoms with Crippen LogP contribution >= 0.6 is 0 Å². The summed E-state index contributed by atoms with van der Waals surface area (Å²) in [6, 6.07) is 0.244. The van der Waals surface area contributed by atoms with Gasteiger partial charge in [0.2, 0.25) is 0 Å². The maximum absolute atomic E-state index is 5.72. The summed E-state index contributed by atoms with van der Waals surface area (Å²) >= 11 is 0. The second-order valence-electron chi connectivity index (χ2n) is 4.83. The van der Waals surface area contributed by atoms with E-state index in [2.05, 4.69) is 26.1 Å². The Hall–Kier alpha value is -0.800. The van der Waals surface area contributed by atoms with Gasteiger partial charge in [-0.25, -0.2) is 0 Å². The third-order valence-corrected chi connectivity index (χ3v) is 3.24. The molecule has 1 N–H and O–H groups in total. The fourth-order valence-electron chi connectivity index (χ4n) is 2.23. The van der Waals surface area contributed by atoms with Gasteiger partial charge in [-0.1, -0.05) is 13.8 Å². The Kier molecular flexibility index (Phi) is 6.44. The molecule has 0 spiro atoms. The lowest BCUT2D eigenvalue weighted by Gasteiger charge is -2.19. The average Bonchev–Trinajstić information content (AvgIpc) is 2.59. The highest BCUT2D eigenvalue weighted by Gasteiger charge is 2.20.